The van der Waals surface area contributed by atoms with E-state index in [-0.39, 0.29) is 5.41 Å². The van der Waals surface area contributed by atoms with Gasteiger partial charge >= 0.3 is 0 Å². The molecule has 0 bridgehead atoms. The highest BCUT2D eigenvalue weighted by Crippen LogP contribution is 2.34. The van der Waals surface area contributed by atoms with E-state index in [1.165, 1.54) is 4.88 Å². The van der Waals surface area contributed by atoms with Crippen molar-refractivity contribution in [3.8, 4) is 10.7 Å². The second kappa shape index (κ2) is 6.14. The van der Waals surface area contributed by atoms with Crippen LogP contribution in [0.2, 0.25) is 0 Å². The second-order valence-corrected chi connectivity index (χ2v) is 7.53. The van der Waals surface area contributed by atoms with Gasteiger partial charge in [-0.1, -0.05) is 27.7 Å². The average Bonchev–Trinajstić information content (AvgIpc) is 2.90. The molecule has 0 radical (unpaired) electrons. The Morgan fingerprint density at radius 3 is 2.43 bits per heavy atom. The number of hydrogen-bond acceptors (Lipinski definition) is 4. The van der Waals surface area contributed by atoms with Crippen molar-refractivity contribution < 1.29 is 0 Å². The maximum Gasteiger partial charge on any atom is 0.171 e. The number of aryl methyl sites for hydroxylation is 1. The number of hydrogen-bond donors (Lipinski definition) is 1. The molecule has 0 aliphatic carbocycles. The Morgan fingerprint density at radius 2 is 1.86 bits per heavy atom. The van der Waals surface area contributed by atoms with Gasteiger partial charge in [-0.05, 0) is 37.8 Å². The van der Waals surface area contributed by atoms with Crippen molar-refractivity contribution in [3.05, 3.63) is 28.3 Å². The first-order valence-corrected chi connectivity index (χ1v) is 8.34. The molecule has 3 nitrogen and oxygen atoms in total. The summed E-state index contributed by atoms with van der Waals surface area (Å²) in [5, 5.41) is 3.40. The fourth-order valence-electron chi connectivity index (χ4n) is 2.02. The van der Waals surface area contributed by atoms with Crippen LogP contribution in [0.3, 0.4) is 0 Å². The summed E-state index contributed by atoms with van der Waals surface area (Å²) in [4.78, 5) is 11.9. The molecule has 0 aliphatic rings. The third-order valence-corrected chi connectivity index (χ3v) is 5.00. The van der Waals surface area contributed by atoms with E-state index in [1.54, 1.807) is 11.3 Å². The maximum absolute atomic E-state index is 4.72. The summed E-state index contributed by atoms with van der Waals surface area (Å²) in [5.41, 5.74) is 2.36. The molecule has 2 rings (SSSR count). The van der Waals surface area contributed by atoms with E-state index >= 15 is 0 Å². The van der Waals surface area contributed by atoms with Gasteiger partial charge in [-0.2, -0.15) is 0 Å². The Kier molecular flexibility index (Phi) is 4.67. The fraction of sp³-hybridized carbons (Fsp3) is 0.529. The van der Waals surface area contributed by atoms with Crippen LogP contribution in [0, 0.1) is 13.8 Å². The molecule has 2 aromatic rings. The highest BCUT2D eigenvalue weighted by Gasteiger charge is 2.18. The quantitative estimate of drug-likeness (QED) is 0.869. The Balaban J connectivity index is 2.40. The van der Waals surface area contributed by atoms with Gasteiger partial charge in [-0.3, -0.25) is 0 Å². The van der Waals surface area contributed by atoms with Crippen molar-refractivity contribution in [3.63, 3.8) is 0 Å². The van der Waals surface area contributed by atoms with E-state index in [9.17, 15) is 0 Å². The Morgan fingerprint density at radius 1 is 1.14 bits per heavy atom. The normalized spacial score (nSPS) is 11.7. The molecular formula is C17H25N3S. The lowest BCUT2D eigenvalue weighted by Crippen LogP contribution is -2.08. The first kappa shape index (κ1) is 16.0. The van der Waals surface area contributed by atoms with Crippen LogP contribution in [-0.2, 0) is 5.41 Å². The third-order valence-electron chi connectivity index (χ3n) is 3.50. The van der Waals surface area contributed by atoms with Crippen molar-refractivity contribution in [2.24, 2.45) is 0 Å². The summed E-state index contributed by atoms with van der Waals surface area (Å²) in [7, 11) is 0. The zero-order valence-corrected chi connectivity index (χ0v) is 14.7. The van der Waals surface area contributed by atoms with Crippen molar-refractivity contribution in [1.29, 1.82) is 0 Å². The Labute approximate surface area is 131 Å². The minimum absolute atomic E-state index is 0.173. The SMILES string of the molecule is CCCNc1nc(-c2ccc(C(C)(C)C)s2)nc(C)c1C. The van der Waals surface area contributed by atoms with Crippen LogP contribution < -0.4 is 5.32 Å². The number of aromatic nitrogens is 2. The Bertz CT molecular complexity index is 623. The summed E-state index contributed by atoms with van der Waals surface area (Å²) in [6.45, 7) is 13.9. The van der Waals surface area contributed by atoms with E-state index < -0.39 is 0 Å². The molecule has 0 saturated heterocycles. The first-order valence-electron chi connectivity index (χ1n) is 7.52. The predicted octanol–water partition coefficient (Wildman–Crippen LogP) is 4.94. The molecule has 0 aromatic carbocycles. The fourth-order valence-corrected chi connectivity index (χ4v) is 3.01. The monoisotopic (exact) mass is 303 g/mol. The highest BCUT2D eigenvalue weighted by atomic mass is 32.1. The molecule has 21 heavy (non-hydrogen) atoms. The van der Waals surface area contributed by atoms with Gasteiger partial charge in [0.15, 0.2) is 5.82 Å². The minimum atomic E-state index is 0.173. The number of thiophene rings is 1. The van der Waals surface area contributed by atoms with Gasteiger partial charge in [0.1, 0.15) is 5.82 Å². The lowest BCUT2D eigenvalue weighted by molar-refractivity contribution is 0.604. The third kappa shape index (κ3) is 3.62. The molecule has 1 N–H and O–H groups in total. The number of rotatable bonds is 4. The van der Waals surface area contributed by atoms with Crippen molar-refractivity contribution in [2.45, 2.75) is 53.4 Å². The molecule has 0 amide bonds. The smallest absolute Gasteiger partial charge is 0.171 e. The summed E-state index contributed by atoms with van der Waals surface area (Å²) in [5.74, 6) is 1.79. The summed E-state index contributed by atoms with van der Waals surface area (Å²) in [6.07, 6.45) is 1.09. The van der Waals surface area contributed by atoms with Crippen LogP contribution in [-0.4, -0.2) is 16.5 Å². The van der Waals surface area contributed by atoms with E-state index in [4.69, 9.17) is 4.98 Å². The molecule has 0 fully saturated rings. The topological polar surface area (TPSA) is 37.8 Å². The number of nitrogens with zero attached hydrogens (tertiary/aromatic N) is 2. The van der Waals surface area contributed by atoms with Gasteiger partial charge in [-0.25, -0.2) is 9.97 Å². The van der Waals surface area contributed by atoms with Gasteiger partial charge in [0.25, 0.3) is 0 Å². The van der Waals surface area contributed by atoms with Gasteiger partial charge in [0.2, 0.25) is 0 Å². The van der Waals surface area contributed by atoms with Gasteiger partial charge in [0, 0.05) is 22.7 Å². The molecule has 2 aromatic heterocycles. The van der Waals surface area contributed by atoms with Gasteiger partial charge in [-0.15, -0.1) is 11.3 Å². The second-order valence-electron chi connectivity index (χ2n) is 6.45. The molecule has 114 valence electrons. The average molecular weight is 303 g/mol. The Hall–Kier alpha value is -1.42. The van der Waals surface area contributed by atoms with Crippen LogP contribution in [0.15, 0.2) is 12.1 Å². The van der Waals surface area contributed by atoms with Crippen LogP contribution in [0.1, 0.15) is 50.3 Å². The lowest BCUT2D eigenvalue weighted by Gasteiger charge is -2.15. The maximum atomic E-state index is 4.72. The molecular weight excluding hydrogens is 278 g/mol. The van der Waals surface area contributed by atoms with Crippen molar-refractivity contribution >= 4 is 17.2 Å². The van der Waals surface area contributed by atoms with E-state index in [0.717, 1.165) is 40.7 Å². The number of nitrogens with one attached hydrogen (secondary N) is 1. The largest absolute Gasteiger partial charge is 0.370 e. The van der Waals surface area contributed by atoms with Crippen LogP contribution in [0.4, 0.5) is 5.82 Å². The molecule has 2 heterocycles. The minimum Gasteiger partial charge on any atom is -0.370 e. The van der Waals surface area contributed by atoms with Gasteiger partial charge < -0.3 is 5.32 Å². The molecule has 0 atom stereocenters. The molecule has 4 heteroatoms. The molecule has 0 spiro atoms. The highest BCUT2D eigenvalue weighted by molar-refractivity contribution is 7.15. The molecule has 0 saturated carbocycles. The van der Waals surface area contributed by atoms with Crippen molar-refractivity contribution in [1.82, 2.24) is 9.97 Å². The van der Waals surface area contributed by atoms with E-state index in [1.807, 2.05) is 0 Å². The van der Waals surface area contributed by atoms with Gasteiger partial charge in [0.05, 0.1) is 4.88 Å². The summed E-state index contributed by atoms with van der Waals surface area (Å²) in [6, 6.07) is 4.33. The summed E-state index contributed by atoms with van der Waals surface area (Å²) < 4.78 is 0. The van der Waals surface area contributed by atoms with E-state index in [0.29, 0.717) is 0 Å². The van der Waals surface area contributed by atoms with Crippen molar-refractivity contribution in [2.75, 3.05) is 11.9 Å². The standard InChI is InChI=1S/C17H25N3S/c1-7-10-18-15-11(2)12(3)19-16(20-15)13-8-9-14(21-13)17(4,5)6/h8-9H,7,10H2,1-6H3,(H,18,19,20). The zero-order chi connectivity index (χ0) is 15.6. The van der Waals surface area contributed by atoms with Crippen LogP contribution >= 0.6 is 11.3 Å². The zero-order valence-electron chi connectivity index (χ0n) is 13.9. The lowest BCUT2D eigenvalue weighted by atomic mass is 9.95. The first-order chi connectivity index (χ1) is 9.82. The predicted molar refractivity (Wildman–Crippen MR) is 92.3 cm³/mol. The summed E-state index contributed by atoms with van der Waals surface area (Å²) >= 11 is 1.79. The molecule has 0 unspecified atom stereocenters. The van der Waals surface area contributed by atoms with Crippen LogP contribution in [0.25, 0.3) is 10.7 Å². The van der Waals surface area contributed by atoms with Crippen LogP contribution in [0.5, 0.6) is 0 Å². The van der Waals surface area contributed by atoms with E-state index in [2.05, 4.69) is 64.0 Å². The molecule has 0 aliphatic heterocycles. The number of anilines is 1.